The summed E-state index contributed by atoms with van der Waals surface area (Å²) in [6.07, 6.45) is 0. The van der Waals surface area contributed by atoms with E-state index in [2.05, 4.69) is 23.3 Å². The minimum Gasteiger partial charge on any atom is -0.497 e. The zero-order chi connectivity index (χ0) is 18.8. The molecule has 0 unspecified atom stereocenters. The third-order valence-corrected chi connectivity index (χ3v) is 5.30. The van der Waals surface area contributed by atoms with Gasteiger partial charge in [-0.1, -0.05) is 6.07 Å². The van der Waals surface area contributed by atoms with Crippen LogP contribution >= 0.6 is 0 Å². The van der Waals surface area contributed by atoms with Crippen LogP contribution < -0.4 is 4.74 Å². The summed E-state index contributed by atoms with van der Waals surface area (Å²) in [5.74, 6) is 0.948. The Morgan fingerprint density at radius 1 is 1.08 bits per heavy atom. The number of aryl methyl sites for hydroxylation is 1. The maximum atomic E-state index is 13.1. The Labute approximate surface area is 156 Å². The fourth-order valence-electron chi connectivity index (χ4n) is 3.74. The number of nitrogens with zero attached hydrogens (tertiary/aromatic N) is 3. The van der Waals surface area contributed by atoms with Crippen LogP contribution in [0.25, 0.3) is 5.69 Å². The lowest BCUT2D eigenvalue weighted by atomic mass is 10.2. The van der Waals surface area contributed by atoms with E-state index in [0.29, 0.717) is 6.04 Å². The van der Waals surface area contributed by atoms with E-state index >= 15 is 0 Å². The van der Waals surface area contributed by atoms with Crippen molar-refractivity contribution in [3.63, 3.8) is 0 Å². The molecule has 0 bridgehead atoms. The number of piperazine rings is 1. The van der Waals surface area contributed by atoms with Gasteiger partial charge in [-0.3, -0.25) is 9.69 Å². The summed E-state index contributed by atoms with van der Waals surface area (Å²) in [5, 5.41) is 0. The molecule has 2 aromatic rings. The van der Waals surface area contributed by atoms with Gasteiger partial charge in [-0.25, -0.2) is 0 Å². The van der Waals surface area contributed by atoms with E-state index in [-0.39, 0.29) is 5.91 Å². The lowest BCUT2D eigenvalue weighted by Gasteiger charge is -2.37. The molecule has 1 fully saturated rings. The number of hydrogen-bond acceptors (Lipinski definition) is 3. The molecule has 0 saturated carbocycles. The standard InChI is InChI=1S/C21H29N3O2/c1-15(2)22-9-11-23(12-10-22)21(25)20-13-16(3)24(17(20)4)18-7-6-8-19(14-18)26-5/h6-8,13-15H,9-12H2,1-5H3. The van der Waals surface area contributed by atoms with Crippen molar-refractivity contribution in [1.29, 1.82) is 0 Å². The zero-order valence-electron chi connectivity index (χ0n) is 16.5. The molecule has 0 spiro atoms. The van der Waals surface area contributed by atoms with Crippen LogP contribution in [0.5, 0.6) is 5.75 Å². The van der Waals surface area contributed by atoms with Crippen molar-refractivity contribution in [1.82, 2.24) is 14.4 Å². The summed E-state index contributed by atoms with van der Waals surface area (Å²) in [6, 6.07) is 10.5. The normalized spacial score (nSPS) is 15.5. The highest BCUT2D eigenvalue weighted by molar-refractivity contribution is 5.96. The molecule has 26 heavy (non-hydrogen) atoms. The maximum absolute atomic E-state index is 13.1. The van der Waals surface area contributed by atoms with Gasteiger partial charge in [-0.15, -0.1) is 0 Å². The average molecular weight is 355 g/mol. The number of hydrogen-bond donors (Lipinski definition) is 0. The molecule has 5 heteroatoms. The monoisotopic (exact) mass is 355 g/mol. The first kappa shape index (κ1) is 18.5. The number of benzene rings is 1. The van der Waals surface area contributed by atoms with Gasteiger partial charge in [0.15, 0.2) is 0 Å². The molecular formula is C21H29N3O2. The van der Waals surface area contributed by atoms with Crippen LogP contribution in [0.3, 0.4) is 0 Å². The number of carbonyl (C=O) groups excluding carboxylic acids is 1. The molecule has 1 aromatic heterocycles. The van der Waals surface area contributed by atoms with Crippen LogP contribution in [0.1, 0.15) is 35.6 Å². The van der Waals surface area contributed by atoms with E-state index in [1.807, 2.05) is 49.1 Å². The second-order valence-corrected chi connectivity index (χ2v) is 7.24. The van der Waals surface area contributed by atoms with E-state index in [1.54, 1.807) is 7.11 Å². The highest BCUT2D eigenvalue weighted by atomic mass is 16.5. The Morgan fingerprint density at radius 3 is 2.38 bits per heavy atom. The summed E-state index contributed by atoms with van der Waals surface area (Å²) >= 11 is 0. The fraction of sp³-hybridized carbons (Fsp3) is 0.476. The van der Waals surface area contributed by atoms with E-state index in [4.69, 9.17) is 4.74 Å². The van der Waals surface area contributed by atoms with E-state index in [1.165, 1.54) is 0 Å². The fourth-order valence-corrected chi connectivity index (χ4v) is 3.74. The smallest absolute Gasteiger partial charge is 0.255 e. The van der Waals surface area contributed by atoms with E-state index in [0.717, 1.165) is 54.6 Å². The predicted octanol–water partition coefficient (Wildman–Crippen LogP) is 3.27. The number of ether oxygens (including phenoxy) is 1. The molecule has 140 valence electrons. The summed E-state index contributed by atoms with van der Waals surface area (Å²) in [6.45, 7) is 11.9. The van der Waals surface area contributed by atoms with Gasteiger partial charge >= 0.3 is 0 Å². The van der Waals surface area contributed by atoms with Gasteiger partial charge in [0.1, 0.15) is 5.75 Å². The van der Waals surface area contributed by atoms with Gasteiger partial charge in [-0.2, -0.15) is 0 Å². The van der Waals surface area contributed by atoms with Gasteiger partial charge in [0.2, 0.25) is 0 Å². The number of aromatic nitrogens is 1. The Hall–Kier alpha value is -2.27. The van der Waals surface area contributed by atoms with Crippen LogP contribution in [0.4, 0.5) is 0 Å². The molecule has 2 heterocycles. The zero-order valence-corrected chi connectivity index (χ0v) is 16.5. The second-order valence-electron chi connectivity index (χ2n) is 7.24. The molecule has 0 radical (unpaired) electrons. The number of carbonyl (C=O) groups is 1. The third kappa shape index (κ3) is 3.49. The van der Waals surface area contributed by atoms with Gasteiger partial charge in [0.25, 0.3) is 5.91 Å². The van der Waals surface area contributed by atoms with Crippen LogP contribution in [-0.4, -0.2) is 59.6 Å². The van der Waals surface area contributed by atoms with Crippen molar-refractivity contribution in [2.45, 2.75) is 33.7 Å². The molecule has 5 nitrogen and oxygen atoms in total. The lowest BCUT2D eigenvalue weighted by Crippen LogP contribution is -2.50. The summed E-state index contributed by atoms with van der Waals surface area (Å²) in [5.41, 5.74) is 3.85. The van der Waals surface area contributed by atoms with Gasteiger partial charge < -0.3 is 14.2 Å². The molecule has 0 N–H and O–H groups in total. The Morgan fingerprint density at radius 2 is 1.77 bits per heavy atom. The second kappa shape index (κ2) is 7.54. The first-order valence-corrected chi connectivity index (χ1v) is 9.29. The molecule has 0 atom stereocenters. The summed E-state index contributed by atoms with van der Waals surface area (Å²) in [7, 11) is 1.67. The molecule has 3 rings (SSSR count). The first-order chi connectivity index (χ1) is 12.4. The van der Waals surface area contributed by atoms with Crippen molar-refractivity contribution < 1.29 is 9.53 Å². The largest absolute Gasteiger partial charge is 0.497 e. The van der Waals surface area contributed by atoms with Crippen molar-refractivity contribution in [3.8, 4) is 11.4 Å². The molecule has 1 amide bonds. The van der Waals surface area contributed by atoms with Crippen LogP contribution in [0, 0.1) is 13.8 Å². The average Bonchev–Trinajstić information content (AvgIpc) is 2.95. The van der Waals surface area contributed by atoms with Gasteiger partial charge in [-0.05, 0) is 45.9 Å². The predicted molar refractivity (Wildman–Crippen MR) is 104 cm³/mol. The third-order valence-electron chi connectivity index (χ3n) is 5.30. The number of methoxy groups -OCH3 is 1. The topological polar surface area (TPSA) is 37.7 Å². The minimum atomic E-state index is 0.135. The molecule has 1 aromatic carbocycles. The highest BCUT2D eigenvalue weighted by Gasteiger charge is 2.26. The number of amides is 1. The maximum Gasteiger partial charge on any atom is 0.255 e. The first-order valence-electron chi connectivity index (χ1n) is 9.29. The van der Waals surface area contributed by atoms with E-state index < -0.39 is 0 Å². The SMILES string of the molecule is COc1cccc(-n2c(C)cc(C(=O)N3CCN(C(C)C)CC3)c2C)c1. The lowest BCUT2D eigenvalue weighted by molar-refractivity contribution is 0.0595. The molecule has 0 aliphatic carbocycles. The highest BCUT2D eigenvalue weighted by Crippen LogP contribution is 2.25. The van der Waals surface area contributed by atoms with Crippen LogP contribution in [0.2, 0.25) is 0 Å². The Balaban J connectivity index is 1.85. The van der Waals surface area contributed by atoms with Crippen LogP contribution in [0.15, 0.2) is 30.3 Å². The van der Waals surface area contributed by atoms with Crippen molar-refractivity contribution in [3.05, 3.63) is 47.3 Å². The quantitative estimate of drug-likeness (QED) is 0.845. The van der Waals surface area contributed by atoms with Gasteiger partial charge in [0.05, 0.1) is 12.7 Å². The number of rotatable bonds is 4. The Bertz CT molecular complexity index is 787. The van der Waals surface area contributed by atoms with Gasteiger partial charge in [0, 0.05) is 55.4 Å². The summed E-state index contributed by atoms with van der Waals surface area (Å²) in [4.78, 5) is 17.5. The Kier molecular flexibility index (Phi) is 5.37. The molecular weight excluding hydrogens is 326 g/mol. The van der Waals surface area contributed by atoms with E-state index in [9.17, 15) is 4.79 Å². The minimum absolute atomic E-state index is 0.135. The van der Waals surface area contributed by atoms with Crippen molar-refractivity contribution in [2.24, 2.45) is 0 Å². The summed E-state index contributed by atoms with van der Waals surface area (Å²) < 4.78 is 7.47. The van der Waals surface area contributed by atoms with Crippen molar-refractivity contribution in [2.75, 3.05) is 33.3 Å². The molecule has 1 saturated heterocycles. The molecule has 1 aliphatic rings. The van der Waals surface area contributed by atoms with Crippen LogP contribution in [-0.2, 0) is 0 Å². The molecule has 1 aliphatic heterocycles. The van der Waals surface area contributed by atoms with Crippen molar-refractivity contribution >= 4 is 5.91 Å².